The van der Waals surface area contributed by atoms with Gasteiger partial charge in [-0.3, -0.25) is 0 Å². The Hall–Kier alpha value is -0.790. The molecular weight excluding hydrogens is 112 g/mol. The summed E-state index contributed by atoms with van der Waals surface area (Å²) in [6.07, 6.45) is 6.44. The van der Waals surface area contributed by atoms with Gasteiger partial charge in [0.25, 0.3) is 0 Å². The molecule has 1 rings (SSSR count). The van der Waals surface area contributed by atoms with Gasteiger partial charge in [0.05, 0.1) is 7.05 Å². The third kappa shape index (κ3) is 1.56. The molecule has 0 unspecified atom stereocenters. The Bertz CT molecular complexity index is 179. The van der Waals surface area contributed by atoms with Crippen LogP contribution in [0.4, 0.5) is 0 Å². The van der Waals surface area contributed by atoms with Gasteiger partial charge < -0.3 is 0 Å². The minimum atomic E-state index is 1.15. The number of nitrogens with zero attached hydrogens (tertiary/aromatic N) is 1. The highest BCUT2D eigenvalue weighted by molar-refractivity contribution is 4.88. The van der Waals surface area contributed by atoms with Crippen molar-refractivity contribution in [2.75, 3.05) is 0 Å². The normalized spacial score (nSPS) is 10.0. The second-order valence-corrected chi connectivity index (χ2v) is 2.34. The van der Waals surface area contributed by atoms with Gasteiger partial charge in [0.15, 0.2) is 0 Å². The second-order valence-electron chi connectivity index (χ2n) is 2.34. The summed E-state index contributed by atoms with van der Waals surface area (Å²) in [4.78, 5) is 3.17. The third-order valence-corrected chi connectivity index (χ3v) is 1.33. The zero-order chi connectivity index (χ0) is 6.69. The first-order chi connectivity index (χ1) is 4.33. The van der Waals surface area contributed by atoms with E-state index < -0.39 is 0 Å². The molecule has 0 aromatic carbocycles. The number of nitrogens with one attached hydrogen (secondary N) is 1. The largest absolute Gasteiger partial charge is 0.248 e. The molecule has 1 N–H and O–H groups in total. The predicted molar refractivity (Wildman–Crippen MR) is 36.0 cm³/mol. The van der Waals surface area contributed by atoms with Gasteiger partial charge in [0, 0.05) is 6.42 Å². The van der Waals surface area contributed by atoms with E-state index in [1.54, 1.807) is 0 Å². The molecule has 1 heterocycles. The summed E-state index contributed by atoms with van der Waals surface area (Å²) in [6, 6.07) is 0. The zero-order valence-corrected chi connectivity index (χ0v) is 6.02. The topological polar surface area (TPSA) is 19.7 Å². The standard InChI is InChI=1S/C7H12N2/c1-3-4-7-5-9(2)6-8-7/h5-6H,3-4H2,1-2H3/p+1. The molecule has 2 nitrogen and oxygen atoms in total. The molecule has 0 aliphatic heterocycles. The average Bonchev–Trinajstić information content (AvgIpc) is 2.17. The van der Waals surface area contributed by atoms with Crippen molar-refractivity contribution in [3.63, 3.8) is 0 Å². The maximum atomic E-state index is 3.17. The molecule has 9 heavy (non-hydrogen) atoms. The van der Waals surface area contributed by atoms with E-state index in [0.717, 1.165) is 6.42 Å². The molecule has 0 radical (unpaired) electrons. The summed E-state index contributed by atoms with van der Waals surface area (Å²) < 4.78 is 2.03. The zero-order valence-electron chi connectivity index (χ0n) is 6.02. The van der Waals surface area contributed by atoms with Crippen LogP contribution in [0.2, 0.25) is 0 Å². The molecule has 1 aromatic heterocycles. The summed E-state index contributed by atoms with van der Waals surface area (Å²) in [5.41, 5.74) is 1.32. The van der Waals surface area contributed by atoms with Gasteiger partial charge in [-0.2, -0.15) is 0 Å². The lowest BCUT2D eigenvalue weighted by Crippen LogP contribution is -2.22. The van der Waals surface area contributed by atoms with Gasteiger partial charge in [0.1, 0.15) is 11.9 Å². The van der Waals surface area contributed by atoms with E-state index in [2.05, 4.69) is 18.1 Å². The van der Waals surface area contributed by atoms with Crippen molar-refractivity contribution in [1.82, 2.24) is 4.98 Å². The first-order valence-corrected chi connectivity index (χ1v) is 3.35. The molecule has 1 aromatic rings. The Kier molecular flexibility index (Phi) is 1.88. The van der Waals surface area contributed by atoms with Crippen LogP contribution in [0.5, 0.6) is 0 Å². The minimum Gasteiger partial charge on any atom is -0.248 e. The predicted octanol–water partition coefficient (Wildman–Crippen LogP) is 0.792. The maximum absolute atomic E-state index is 3.17. The molecule has 0 spiro atoms. The van der Waals surface area contributed by atoms with Crippen molar-refractivity contribution in [2.24, 2.45) is 7.05 Å². The molecule has 0 saturated carbocycles. The Morgan fingerprint density at radius 3 is 2.89 bits per heavy atom. The summed E-state index contributed by atoms with van der Waals surface area (Å²) in [6.45, 7) is 2.18. The quantitative estimate of drug-likeness (QED) is 0.564. The number of hydrogen-bond donors (Lipinski definition) is 1. The van der Waals surface area contributed by atoms with E-state index >= 15 is 0 Å². The highest BCUT2D eigenvalue weighted by Crippen LogP contribution is 1.92. The number of hydrogen-bond acceptors (Lipinski definition) is 0. The summed E-state index contributed by atoms with van der Waals surface area (Å²) in [5, 5.41) is 0. The van der Waals surface area contributed by atoms with Crippen molar-refractivity contribution < 1.29 is 4.57 Å². The van der Waals surface area contributed by atoms with Crippen LogP contribution in [0.3, 0.4) is 0 Å². The number of aromatic amines is 1. The second kappa shape index (κ2) is 2.67. The number of H-pyrrole nitrogens is 1. The van der Waals surface area contributed by atoms with E-state index in [4.69, 9.17) is 0 Å². The van der Waals surface area contributed by atoms with Crippen molar-refractivity contribution in [3.05, 3.63) is 18.2 Å². The molecule has 0 amide bonds. The summed E-state index contributed by atoms with van der Waals surface area (Å²) >= 11 is 0. The smallest absolute Gasteiger partial charge is 0.241 e. The molecule has 0 aliphatic rings. The van der Waals surface area contributed by atoms with E-state index in [9.17, 15) is 0 Å². The highest BCUT2D eigenvalue weighted by atomic mass is 15.0. The van der Waals surface area contributed by atoms with Gasteiger partial charge in [-0.15, -0.1) is 0 Å². The van der Waals surface area contributed by atoms with Crippen LogP contribution in [-0.2, 0) is 13.5 Å². The fourth-order valence-corrected chi connectivity index (χ4v) is 0.911. The number of rotatable bonds is 2. The molecule has 0 saturated heterocycles. The van der Waals surface area contributed by atoms with Gasteiger partial charge in [-0.25, -0.2) is 9.55 Å². The Labute approximate surface area is 55.5 Å². The van der Waals surface area contributed by atoms with E-state index in [1.807, 2.05) is 17.9 Å². The number of aryl methyl sites for hydroxylation is 2. The first kappa shape index (κ1) is 6.33. The molecular formula is C7H13N2+. The van der Waals surface area contributed by atoms with Crippen molar-refractivity contribution >= 4 is 0 Å². The van der Waals surface area contributed by atoms with Crippen molar-refractivity contribution in [2.45, 2.75) is 19.8 Å². The number of imidazole rings is 1. The monoisotopic (exact) mass is 125 g/mol. The molecule has 0 atom stereocenters. The van der Waals surface area contributed by atoms with Crippen LogP contribution in [0.15, 0.2) is 12.5 Å². The lowest BCUT2D eigenvalue weighted by Gasteiger charge is -1.81. The molecule has 0 bridgehead atoms. The number of aromatic nitrogens is 2. The van der Waals surface area contributed by atoms with Gasteiger partial charge in [0.2, 0.25) is 6.33 Å². The van der Waals surface area contributed by atoms with Crippen LogP contribution >= 0.6 is 0 Å². The first-order valence-electron chi connectivity index (χ1n) is 3.35. The van der Waals surface area contributed by atoms with Crippen LogP contribution in [-0.4, -0.2) is 4.98 Å². The van der Waals surface area contributed by atoms with E-state index in [-0.39, 0.29) is 0 Å². The Balaban J connectivity index is 2.61. The van der Waals surface area contributed by atoms with E-state index in [1.165, 1.54) is 12.1 Å². The fourth-order valence-electron chi connectivity index (χ4n) is 0.911. The van der Waals surface area contributed by atoms with Crippen LogP contribution in [0, 0.1) is 0 Å². The SMILES string of the molecule is CCCc1c[n+](C)c[nH]1. The van der Waals surface area contributed by atoms with Gasteiger partial charge in [-0.1, -0.05) is 6.92 Å². The third-order valence-electron chi connectivity index (χ3n) is 1.33. The lowest BCUT2D eigenvalue weighted by atomic mass is 10.3. The van der Waals surface area contributed by atoms with Crippen molar-refractivity contribution in [1.29, 1.82) is 0 Å². The minimum absolute atomic E-state index is 1.15. The van der Waals surface area contributed by atoms with Gasteiger partial charge in [-0.05, 0) is 6.42 Å². The van der Waals surface area contributed by atoms with Crippen LogP contribution in [0.25, 0.3) is 0 Å². The molecule has 0 fully saturated rings. The van der Waals surface area contributed by atoms with Crippen molar-refractivity contribution in [3.8, 4) is 0 Å². The molecule has 50 valence electrons. The fraction of sp³-hybridized carbons (Fsp3) is 0.571. The lowest BCUT2D eigenvalue weighted by molar-refractivity contribution is -0.670. The highest BCUT2D eigenvalue weighted by Gasteiger charge is 1.97. The van der Waals surface area contributed by atoms with E-state index in [0.29, 0.717) is 0 Å². The summed E-state index contributed by atoms with van der Waals surface area (Å²) in [5.74, 6) is 0. The summed E-state index contributed by atoms with van der Waals surface area (Å²) in [7, 11) is 2.02. The van der Waals surface area contributed by atoms with Crippen LogP contribution in [0.1, 0.15) is 19.0 Å². The molecule has 2 heteroatoms. The Morgan fingerprint density at radius 2 is 2.44 bits per heavy atom. The maximum Gasteiger partial charge on any atom is 0.241 e. The van der Waals surface area contributed by atoms with Gasteiger partial charge >= 0.3 is 0 Å². The molecule has 0 aliphatic carbocycles. The Morgan fingerprint density at radius 1 is 1.67 bits per heavy atom. The van der Waals surface area contributed by atoms with Crippen LogP contribution < -0.4 is 4.57 Å². The average molecular weight is 125 g/mol.